The number of anilines is 1. The molecule has 0 aliphatic rings. The Balaban J connectivity index is 1.75. The van der Waals surface area contributed by atoms with Gasteiger partial charge in [0.2, 0.25) is 27.6 Å². The SMILES string of the molecule is CC(C(=O)N(C)Cc1nc(-c2ccc(Cl)cc2)no1)N(c1ccccc1)S(C)(=O)=O. The average Bonchev–Trinajstić information content (AvgIpc) is 3.16. The molecule has 30 heavy (non-hydrogen) atoms. The maximum atomic E-state index is 12.9. The maximum Gasteiger partial charge on any atom is 0.246 e. The van der Waals surface area contributed by atoms with Gasteiger partial charge in [-0.25, -0.2) is 8.42 Å². The van der Waals surface area contributed by atoms with Crippen molar-refractivity contribution in [2.75, 3.05) is 17.6 Å². The van der Waals surface area contributed by atoms with Crippen molar-refractivity contribution in [2.24, 2.45) is 0 Å². The molecule has 0 N–H and O–H groups in total. The fraction of sp³-hybridized carbons (Fsp3) is 0.250. The highest BCUT2D eigenvalue weighted by Crippen LogP contribution is 2.22. The number of amides is 1. The predicted molar refractivity (Wildman–Crippen MR) is 114 cm³/mol. The quantitative estimate of drug-likeness (QED) is 0.550. The molecule has 1 heterocycles. The van der Waals surface area contributed by atoms with E-state index in [1.807, 2.05) is 0 Å². The van der Waals surface area contributed by atoms with Crippen LogP contribution in [-0.2, 0) is 21.4 Å². The van der Waals surface area contributed by atoms with Crippen LogP contribution in [0, 0.1) is 0 Å². The van der Waals surface area contributed by atoms with E-state index in [2.05, 4.69) is 10.1 Å². The summed E-state index contributed by atoms with van der Waals surface area (Å²) in [5.41, 5.74) is 1.14. The predicted octanol–water partition coefficient (Wildman–Crippen LogP) is 3.20. The number of hydrogen-bond acceptors (Lipinski definition) is 6. The van der Waals surface area contributed by atoms with Gasteiger partial charge >= 0.3 is 0 Å². The van der Waals surface area contributed by atoms with Crippen molar-refractivity contribution < 1.29 is 17.7 Å². The van der Waals surface area contributed by atoms with Crippen molar-refractivity contribution in [3.8, 4) is 11.4 Å². The normalized spacial score (nSPS) is 12.4. The van der Waals surface area contributed by atoms with Crippen LogP contribution in [0.15, 0.2) is 59.1 Å². The fourth-order valence-corrected chi connectivity index (χ4v) is 4.31. The molecule has 10 heteroatoms. The van der Waals surface area contributed by atoms with Crippen molar-refractivity contribution in [2.45, 2.75) is 19.5 Å². The van der Waals surface area contributed by atoms with E-state index < -0.39 is 22.0 Å². The van der Waals surface area contributed by atoms with Gasteiger partial charge in [0.1, 0.15) is 6.04 Å². The third kappa shape index (κ3) is 4.98. The van der Waals surface area contributed by atoms with Gasteiger partial charge in [0.25, 0.3) is 0 Å². The van der Waals surface area contributed by atoms with Gasteiger partial charge in [0.15, 0.2) is 0 Å². The van der Waals surface area contributed by atoms with Gasteiger partial charge in [-0.3, -0.25) is 9.10 Å². The molecule has 0 spiro atoms. The largest absolute Gasteiger partial charge is 0.337 e. The molecule has 0 aliphatic heterocycles. The Kier molecular flexibility index (Phi) is 6.42. The van der Waals surface area contributed by atoms with E-state index in [9.17, 15) is 13.2 Å². The van der Waals surface area contributed by atoms with Gasteiger partial charge in [0, 0.05) is 17.6 Å². The number of para-hydroxylation sites is 1. The molecule has 0 radical (unpaired) electrons. The summed E-state index contributed by atoms with van der Waals surface area (Å²) in [6.07, 6.45) is 1.07. The smallest absolute Gasteiger partial charge is 0.246 e. The van der Waals surface area contributed by atoms with E-state index in [1.54, 1.807) is 68.6 Å². The molecule has 0 aliphatic carbocycles. The van der Waals surface area contributed by atoms with Crippen molar-refractivity contribution in [1.82, 2.24) is 15.0 Å². The minimum absolute atomic E-state index is 0.0379. The Bertz CT molecular complexity index is 1120. The first-order valence-corrected chi connectivity index (χ1v) is 11.3. The lowest BCUT2D eigenvalue weighted by Crippen LogP contribution is -2.48. The van der Waals surface area contributed by atoms with Gasteiger partial charge in [-0.05, 0) is 43.3 Å². The highest BCUT2D eigenvalue weighted by atomic mass is 35.5. The summed E-state index contributed by atoms with van der Waals surface area (Å²) in [6.45, 7) is 1.58. The molecular weight excluding hydrogens is 428 g/mol. The van der Waals surface area contributed by atoms with Crippen molar-refractivity contribution >= 4 is 33.2 Å². The third-order valence-electron chi connectivity index (χ3n) is 4.40. The molecule has 158 valence electrons. The van der Waals surface area contributed by atoms with Crippen LogP contribution < -0.4 is 4.31 Å². The second-order valence-electron chi connectivity index (χ2n) is 6.78. The zero-order valence-corrected chi connectivity index (χ0v) is 18.3. The number of hydrogen-bond donors (Lipinski definition) is 0. The number of halogens is 1. The Morgan fingerprint density at radius 1 is 1.13 bits per heavy atom. The van der Waals surface area contributed by atoms with Gasteiger partial charge in [-0.2, -0.15) is 4.98 Å². The Morgan fingerprint density at radius 2 is 1.77 bits per heavy atom. The van der Waals surface area contributed by atoms with Crippen LogP contribution in [0.1, 0.15) is 12.8 Å². The summed E-state index contributed by atoms with van der Waals surface area (Å²) in [5, 5.41) is 4.52. The highest BCUT2D eigenvalue weighted by molar-refractivity contribution is 7.92. The molecule has 1 amide bonds. The Hall–Kier alpha value is -2.91. The highest BCUT2D eigenvalue weighted by Gasteiger charge is 2.31. The molecule has 3 rings (SSSR count). The van der Waals surface area contributed by atoms with E-state index in [0.717, 1.165) is 16.1 Å². The summed E-state index contributed by atoms with van der Waals surface area (Å²) in [5.74, 6) is 0.196. The number of nitrogens with zero attached hydrogens (tertiary/aromatic N) is 4. The molecule has 1 unspecified atom stereocenters. The van der Waals surface area contributed by atoms with Gasteiger partial charge in [0.05, 0.1) is 18.5 Å². The Morgan fingerprint density at radius 3 is 2.37 bits per heavy atom. The molecule has 2 aromatic carbocycles. The number of likely N-dealkylation sites (N-methyl/N-ethyl adjacent to an activating group) is 1. The van der Waals surface area contributed by atoms with Gasteiger partial charge < -0.3 is 9.42 Å². The van der Waals surface area contributed by atoms with Crippen LogP contribution in [0.2, 0.25) is 5.02 Å². The van der Waals surface area contributed by atoms with Crippen LogP contribution in [0.3, 0.4) is 0 Å². The fourth-order valence-electron chi connectivity index (χ4n) is 3.01. The molecule has 0 bridgehead atoms. The molecule has 1 atom stereocenters. The van der Waals surface area contributed by atoms with Gasteiger partial charge in [-0.1, -0.05) is 35.0 Å². The number of carbonyl (C=O) groups excluding carboxylic acids is 1. The monoisotopic (exact) mass is 448 g/mol. The summed E-state index contributed by atoms with van der Waals surface area (Å²) < 4.78 is 31.0. The number of sulfonamides is 1. The van der Waals surface area contributed by atoms with Crippen LogP contribution in [0.5, 0.6) is 0 Å². The van der Waals surface area contributed by atoms with Gasteiger partial charge in [-0.15, -0.1) is 0 Å². The minimum Gasteiger partial charge on any atom is -0.337 e. The van der Waals surface area contributed by atoms with Crippen molar-refractivity contribution in [3.63, 3.8) is 0 Å². The standard InChI is InChI=1S/C20H21ClN4O4S/c1-14(25(30(3,27)28)17-7-5-4-6-8-17)20(26)24(2)13-18-22-19(23-29-18)15-9-11-16(21)12-10-15/h4-12,14H,13H2,1-3H3. The van der Waals surface area contributed by atoms with Crippen LogP contribution >= 0.6 is 11.6 Å². The second-order valence-corrected chi connectivity index (χ2v) is 9.08. The average molecular weight is 449 g/mol. The van der Waals surface area contributed by atoms with E-state index in [0.29, 0.717) is 16.5 Å². The van der Waals surface area contributed by atoms with E-state index in [1.165, 1.54) is 4.90 Å². The van der Waals surface area contributed by atoms with Crippen LogP contribution in [-0.4, -0.2) is 48.7 Å². The van der Waals surface area contributed by atoms with E-state index >= 15 is 0 Å². The lowest BCUT2D eigenvalue weighted by atomic mass is 10.2. The molecular formula is C20H21ClN4O4S. The first kappa shape index (κ1) is 21.8. The minimum atomic E-state index is -3.68. The number of rotatable bonds is 7. The maximum absolute atomic E-state index is 12.9. The molecule has 0 saturated heterocycles. The topological polar surface area (TPSA) is 96.6 Å². The lowest BCUT2D eigenvalue weighted by Gasteiger charge is -2.30. The zero-order chi connectivity index (χ0) is 21.9. The molecule has 3 aromatic rings. The lowest BCUT2D eigenvalue weighted by molar-refractivity contribution is -0.131. The van der Waals surface area contributed by atoms with Crippen molar-refractivity contribution in [1.29, 1.82) is 0 Å². The molecule has 0 saturated carbocycles. The summed E-state index contributed by atoms with van der Waals surface area (Å²) >= 11 is 5.88. The van der Waals surface area contributed by atoms with Crippen LogP contribution in [0.25, 0.3) is 11.4 Å². The van der Waals surface area contributed by atoms with E-state index in [4.69, 9.17) is 16.1 Å². The summed E-state index contributed by atoms with van der Waals surface area (Å²) in [6, 6.07) is 14.5. The summed E-state index contributed by atoms with van der Waals surface area (Å²) in [4.78, 5) is 18.6. The second kappa shape index (κ2) is 8.85. The first-order chi connectivity index (χ1) is 14.2. The Labute approximate surface area is 180 Å². The number of aromatic nitrogens is 2. The zero-order valence-electron chi connectivity index (χ0n) is 16.7. The van der Waals surface area contributed by atoms with Crippen molar-refractivity contribution in [3.05, 3.63) is 65.5 Å². The number of benzene rings is 2. The van der Waals surface area contributed by atoms with E-state index in [-0.39, 0.29) is 12.4 Å². The molecule has 1 aromatic heterocycles. The molecule has 8 nitrogen and oxygen atoms in total. The third-order valence-corrected chi connectivity index (χ3v) is 5.89. The summed E-state index contributed by atoms with van der Waals surface area (Å²) in [7, 11) is -2.13. The number of carbonyl (C=O) groups is 1. The first-order valence-electron chi connectivity index (χ1n) is 9.05. The molecule has 0 fully saturated rings. The van der Waals surface area contributed by atoms with Crippen LogP contribution in [0.4, 0.5) is 5.69 Å².